The van der Waals surface area contributed by atoms with E-state index in [0.29, 0.717) is 5.78 Å². The van der Waals surface area contributed by atoms with Crippen LogP contribution in [0.1, 0.15) is 13.3 Å². The molecule has 0 spiro atoms. The normalized spacial score (nSPS) is 19.1. The van der Waals surface area contributed by atoms with Crippen LogP contribution in [-0.4, -0.2) is 29.8 Å². The number of rotatable bonds is 5. The Morgan fingerprint density at radius 2 is 1.87 bits per heavy atom. The van der Waals surface area contributed by atoms with Crippen molar-refractivity contribution >= 4 is 29.3 Å². The third kappa shape index (κ3) is 2.70. The number of allylic oxidation sites excluding steroid dienone is 4. The molecule has 1 aliphatic carbocycles. The molecule has 0 heterocycles. The van der Waals surface area contributed by atoms with Crippen molar-refractivity contribution in [3.05, 3.63) is 23.8 Å². The van der Waals surface area contributed by atoms with Gasteiger partial charge in [0.15, 0.2) is 5.78 Å². The van der Waals surface area contributed by atoms with Gasteiger partial charge in [0.2, 0.25) is 0 Å². The van der Waals surface area contributed by atoms with Crippen LogP contribution in [0.4, 0.5) is 0 Å². The summed E-state index contributed by atoms with van der Waals surface area (Å²) in [5.41, 5.74) is 0.722. The van der Waals surface area contributed by atoms with Gasteiger partial charge in [-0.15, -0.1) is 0 Å². The van der Waals surface area contributed by atoms with Crippen molar-refractivity contribution in [2.45, 2.75) is 13.3 Å². The highest BCUT2D eigenvalue weighted by molar-refractivity contribution is 7.99. The van der Waals surface area contributed by atoms with E-state index in [4.69, 9.17) is 0 Å². The zero-order valence-corrected chi connectivity index (χ0v) is 11.2. The molecule has 0 N–H and O–H groups in total. The highest BCUT2D eigenvalue weighted by Crippen LogP contribution is 2.35. The zero-order chi connectivity index (χ0) is 11.3. The second kappa shape index (κ2) is 5.80. The van der Waals surface area contributed by atoms with Crippen molar-refractivity contribution in [1.82, 2.24) is 0 Å². The molecule has 0 atom stereocenters. The first-order valence-corrected chi connectivity index (χ1v) is 7.90. The van der Waals surface area contributed by atoms with Gasteiger partial charge < -0.3 is 0 Å². The highest BCUT2D eigenvalue weighted by Gasteiger charge is 2.37. The van der Waals surface area contributed by atoms with E-state index in [9.17, 15) is 4.79 Å². The summed E-state index contributed by atoms with van der Waals surface area (Å²) in [6.07, 6.45) is 11.1. The number of hydrogen-bond acceptors (Lipinski definition) is 3. The Hall–Kier alpha value is -0.150. The molecule has 0 fully saturated rings. The molecule has 0 aromatic heterocycles. The van der Waals surface area contributed by atoms with E-state index >= 15 is 0 Å². The molecule has 0 saturated heterocycles. The summed E-state index contributed by atoms with van der Waals surface area (Å²) < 4.78 is 0. The molecule has 0 bridgehead atoms. The Morgan fingerprint density at radius 3 is 2.33 bits per heavy atom. The van der Waals surface area contributed by atoms with Gasteiger partial charge in [-0.2, -0.15) is 23.5 Å². The largest absolute Gasteiger partial charge is 0.293 e. The standard InChI is InChI=1S/C12H18OS2/c1-4-10-6-5-7-12(8-14-2,9-15-3)11(10)13/h5-7H,4,8-9H2,1-3H3. The zero-order valence-electron chi connectivity index (χ0n) is 9.58. The lowest BCUT2D eigenvalue weighted by molar-refractivity contribution is -0.121. The summed E-state index contributed by atoms with van der Waals surface area (Å²) in [5.74, 6) is 2.11. The van der Waals surface area contributed by atoms with E-state index in [2.05, 4.69) is 18.6 Å². The van der Waals surface area contributed by atoms with Gasteiger partial charge in [-0.25, -0.2) is 0 Å². The van der Waals surface area contributed by atoms with Gasteiger partial charge in [-0.3, -0.25) is 4.79 Å². The van der Waals surface area contributed by atoms with Crippen LogP contribution in [0.25, 0.3) is 0 Å². The Bertz CT molecular complexity index is 286. The first-order valence-electron chi connectivity index (χ1n) is 5.11. The molecule has 0 aromatic carbocycles. The van der Waals surface area contributed by atoms with Gasteiger partial charge in [0.25, 0.3) is 0 Å². The minimum absolute atomic E-state index is 0.251. The van der Waals surface area contributed by atoms with E-state index in [1.165, 1.54) is 0 Å². The van der Waals surface area contributed by atoms with Crippen LogP contribution in [0.5, 0.6) is 0 Å². The summed E-state index contributed by atoms with van der Waals surface area (Å²) >= 11 is 3.50. The van der Waals surface area contributed by atoms with Crippen LogP contribution in [0.2, 0.25) is 0 Å². The molecule has 0 radical (unpaired) electrons. The summed E-state index contributed by atoms with van der Waals surface area (Å²) in [5, 5.41) is 0. The summed E-state index contributed by atoms with van der Waals surface area (Å²) in [6.45, 7) is 2.05. The predicted octanol–water partition coefficient (Wildman–Crippen LogP) is 3.17. The minimum atomic E-state index is -0.251. The van der Waals surface area contributed by atoms with Crippen molar-refractivity contribution in [3.8, 4) is 0 Å². The fraction of sp³-hybridized carbons (Fsp3) is 0.583. The topological polar surface area (TPSA) is 17.1 Å². The van der Waals surface area contributed by atoms with Gasteiger partial charge in [-0.1, -0.05) is 25.2 Å². The second-order valence-electron chi connectivity index (χ2n) is 3.76. The van der Waals surface area contributed by atoms with Gasteiger partial charge in [0.1, 0.15) is 0 Å². The first-order chi connectivity index (χ1) is 7.20. The van der Waals surface area contributed by atoms with E-state index in [1.807, 2.05) is 19.1 Å². The van der Waals surface area contributed by atoms with Crippen LogP contribution in [0.3, 0.4) is 0 Å². The van der Waals surface area contributed by atoms with Gasteiger partial charge in [-0.05, 0) is 24.5 Å². The van der Waals surface area contributed by atoms with Crippen LogP contribution < -0.4 is 0 Å². The number of ketones is 1. The predicted molar refractivity (Wildman–Crippen MR) is 71.7 cm³/mol. The maximum absolute atomic E-state index is 12.3. The van der Waals surface area contributed by atoms with Crippen molar-refractivity contribution in [3.63, 3.8) is 0 Å². The maximum atomic E-state index is 12.3. The molecule has 1 nitrogen and oxygen atoms in total. The molecule has 84 valence electrons. The number of carbonyl (C=O) groups excluding carboxylic acids is 1. The van der Waals surface area contributed by atoms with Crippen molar-refractivity contribution in [2.24, 2.45) is 5.41 Å². The number of hydrogen-bond donors (Lipinski definition) is 0. The third-order valence-corrected chi connectivity index (χ3v) is 4.25. The first kappa shape index (κ1) is 12.9. The smallest absolute Gasteiger partial charge is 0.170 e. The monoisotopic (exact) mass is 242 g/mol. The summed E-state index contributed by atoms with van der Waals surface area (Å²) in [6, 6.07) is 0. The van der Waals surface area contributed by atoms with Crippen LogP contribution >= 0.6 is 23.5 Å². The quantitative estimate of drug-likeness (QED) is 0.737. The molecular formula is C12H18OS2. The van der Waals surface area contributed by atoms with Crippen molar-refractivity contribution < 1.29 is 4.79 Å². The van der Waals surface area contributed by atoms with Gasteiger partial charge in [0.05, 0.1) is 5.41 Å². The molecular weight excluding hydrogens is 224 g/mol. The molecule has 0 saturated carbocycles. The van der Waals surface area contributed by atoms with E-state index in [0.717, 1.165) is 23.5 Å². The van der Waals surface area contributed by atoms with Crippen molar-refractivity contribution in [1.29, 1.82) is 0 Å². The van der Waals surface area contributed by atoms with Crippen molar-refractivity contribution in [2.75, 3.05) is 24.0 Å². The third-order valence-electron chi connectivity index (χ3n) is 2.64. The van der Waals surface area contributed by atoms with Crippen LogP contribution in [0.15, 0.2) is 23.8 Å². The number of thioether (sulfide) groups is 2. The SMILES string of the molecule is CCC1=CC=CC(CSC)(CSC)C1=O. The summed E-state index contributed by atoms with van der Waals surface area (Å²) in [4.78, 5) is 12.3. The highest BCUT2D eigenvalue weighted by atomic mass is 32.2. The molecule has 1 rings (SSSR count). The lowest BCUT2D eigenvalue weighted by atomic mass is 9.79. The minimum Gasteiger partial charge on any atom is -0.293 e. The Balaban J connectivity index is 2.95. The molecule has 1 aliphatic rings. The number of Topliss-reactive ketones (excluding diaryl/α,β-unsaturated/α-hetero) is 1. The summed E-state index contributed by atoms with van der Waals surface area (Å²) in [7, 11) is 0. The fourth-order valence-electron chi connectivity index (χ4n) is 1.88. The Labute approximate surface area is 101 Å². The van der Waals surface area contributed by atoms with E-state index < -0.39 is 0 Å². The molecule has 0 amide bonds. The molecule has 15 heavy (non-hydrogen) atoms. The number of carbonyl (C=O) groups is 1. The Morgan fingerprint density at radius 1 is 1.27 bits per heavy atom. The average Bonchev–Trinajstić information content (AvgIpc) is 2.23. The maximum Gasteiger partial charge on any atom is 0.170 e. The van der Waals surface area contributed by atoms with Gasteiger partial charge >= 0.3 is 0 Å². The fourth-order valence-corrected chi connectivity index (χ4v) is 3.70. The second-order valence-corrected chi connectivity index (χ2v) is 5.49. The molecule has 3 heteroatoms. The van der Waals surface area contributed by atoms with Crippen LogP contribution in [0, 0.1) is 5.41 Å². The van der Waals surface area contributed by atoms with E-state index in [-0.39, 0.29) is 5.41 Å². The molecule has 0 aromatic rings. The Kier molecular flexibility index (Phi) is 5.00. The molecule has 0 aliphatic heterocycles. The van der Waals surface area contributed by atoms with E-state index in [1.54, 1.807) is 23.5 Å². The van der Waals surface area contributed by atoms with Gasteiger partial charge in [0, 0.05) is 11.5 Å². The molecule has 0 unspecified atom stereocenters. The lowest BCUT2D eigenvalue weighted by Gasteiger charge is -2.30. The average molecular weight is 242 g/mol. The lowest BCUT2D eigenvalue weighted by Crippen LogP contribution is -2.36. The van der Waals surface area contributed by atoms with Crippen LogP contribution in [-0.2, 0) is 4.79 Å².